The SMILES string of the molecule is CNC1CCC2(CC1N1CCCC3CCCC31)OCCO2. The number of likely N-dealkylation sites (N-methyl/N-ethyl adjacent to an activating group) is 1. The van der Waals surface area contributed by atoms with Gasteiger partial charge in [0, 0.05) is 31.0 Å². The standard InChI is InChI=1S/C17H30N2O2/c1-18-14-7-8-17(20-10-11-21-17)12-16(14)19-9-3-5-13-4-2-6-15(13)19/h13-16,18H,2-12H2,1H3. The van der Waals surface area contributed by atoms with E-state index in [2.05, 4.69) is 17.3 Å². The second-order valence-electron chi connectivity index (χ2n) is 7.45. The van der Waals surface area contributed by atoms with Crippen molar-refractivity contribution in [3.63, 3.8) is 0 Å². The van der Waals surface area contributed by atoms with Crippen LogP contribution < -0.4 is 5.32 Å². The Kier molecular flexibility index (Phi) is 3.99. The van der Waals surface area contributed by atoms with Crippen LogP contribution in [0.25, 0.3) is 0 Å². The van der Waals surface area contributed by atoms with Crippen molar-refractivity contribution >= 4 is 0 Å². The molecule has 0 radical (unpaired) electrons. The molecule has 0 aromatic heterocycles. The zero-order chi connectivity index (χ0) is 14.3. The number of piperidine rings is 1. The Morgan fingerprint density at radius 3 is 2.62 bits per heavy atom. The largest absolute Gasteiger partial charge is 0.347 e. The lowest BCUT2D eigenvalue weighted by molar-refractivity contribution is -0.197. The van der Waals surface area contributed by atoms with E-state index in [1.54, 1.807) is 0 Å². The second kappa shape index (κ2) is 5.80. The predicted octanol–water partition coefficient (Wildman–Crippen LogP) is 2.13. The monoisotopic (exact) mass is 294 g/mol. The quantitative estimate of drug-likeness (QED) is 0.846. The van der Waals surface area contributed by atoms with Crippen LogP contribution in [0.15, 0.2) is 0 Å². The number of ether oxygens (including phenoxy) is 2. The van der Waals surface area contributed by atoms with Crippen molar-refractivity contribution in [1.29, 1.82) is 0 Å². The highest BCUT2D eigenvalue weighted by Gasteiger charge is 2.49. The molecule has 4 unspecified atom stereocenters. The Balaban J connectivity index is 1.54. The maximum Gasteiger partial charge on any atom is 0.170 e. The minimum absolute atomic E-state index is 0.260. The molecule has 0 aromatic rings. The third-order valence-corrected chi connectivity index (χ3v) is 6.47. The number of fused-ring (bicyclic) bond motifs is 1. The summed E-state index contributed by atoms with van der Waals surface area (Å²) in [7, 11) is 2.13. The van der Waals surface area contributed by atoms with Crippen LogP contribution in [-0.4, -0.2) is 55.6 Å². The third-order valence-electron chi connectivity index (χ3n) is 6.47. The molecule has 120 valence electrons. The van der Waals surface area contributed by atoms with Crippen molar-refractivity contribution in [3.05, 3.63) is 0 Å². The van der Waals surface area contributed by atoms with Crippen molar-refractivity contribution in [2.75, 3.05) is 26.8 Å². The number of likely N-dealkylation sites (tertiary alicyclic amines) is 1. The van der Waals surface area contributed by atoms with Crippen molar-refractivity contribution in [2.45, 2.75) is 75.3 Å². The molecule has 4 fully saturated rings. The van der Waals surface area contributed by atoms with Gasteiger partial charge in [-0.1, -0.05) is 6.42 Å². The van der Waals surface area contributed by atoms with E-state index in [1.165, 1.54) is 45.1 Å². The molecule has 4 rings (SSSR count). The minimum atomic E-state index is -0.260. The van der Waals surface area contributed by atoms with Gasteiger partial charge in [0.2, 0.25) is 0 Å². The minimum Gasteiger partial charge on any atom is -0.347 e. The fourth-order valence-corrected chi connectivity index (χ4v) is 5.48. The molecule has 1 N–H and O–H groups in total. The van der Waals surface area contributed by atoms with E-state index >= 15 is 0 Å². The maximum atomic E-state index is 6.03. The van der Waals surface area contributed by atoms with E-state index in [1.807, 2.05) is 0 Å². The van der Waals surface area contributed by atoms with E-state index in [0.29, 0.717) is 12.1 Å². The summed E-state index contributed by atoms with van der Waals surface area (Å²) in [4.78, 5) is 2.84. The summed E-state index contributed by atoms with van der Waals surface area (Å²) in [6.45, 7) is 2.84. The Hall–Kier alpha value is -0.160. The first kappa shape index (κ1) is 14.4. The van der Waals surface area contributed by atoms with Crippen LogP contribution >= 0.6 is 0 Å². The van der Waals surface area contributed by atoms with Crippen LogP contribution in [-0.2, 0) is 9.47 Å². The molecule has 2 saturated carbocycles. The van der Waals surface area contributed by atoms with Gasteiger partial charge in [0.05, 0.1) is 13.2 Å². The van der Waals surface area contributed by atoms with Gasteiger partial charge in [0.15, 0.2) is 5.79 Å². The van der Waals surface area contributed by atoms with Gasteiger partial charge < -0.3 is 14.8 Å². The molecular weight excluding hydrogens is 264 g/mol. The van der Waals surface area contributed by atoms with Gasteiger partial charge in [-0.05, 0) is 51.6 Å². The molecule has 2 heterocycles. The van der Waals surface area contributed by atoms with Crippen LogP contribution in [0.3, 0.4) is 0 Å². The fraction of sp³-hybridized carbons (Fsp3) is 1.00. The van der Waals surface area contributed by atoms with E-state index in [0.717, 1.165) is 38.0 Å². The number of nitrogens with one attached hydrogen (secondary N) is 1. The highest BCUT2D eigenvalue weighted by molar-refractivity contribution is 5.01. The number of nitrogens with zero attached hydrogens (tertiary/aromatic N) is 1. The van der Waals surface area contributed by atoms with Crippen LogP contribution in [0.5, 0.6) is 0 Å². The molecule has 2 saturated heterocycles. The molecule has 4 heteroatoms. The van der Waals surface area contributed by atoms with Crippen LogP contribution in [0.4, 0.5) is 0 Å². The Morgan fingerprint density at radius 1 is 1.00 bits per heavy atom. The summed E-state index contributed by atoms with van der Waals surface area (Å²) in [5.74, 6) is 0.698. The van der Waals surface area contributed by atoms with Gasteiger partial charge in [-0.2, -0.15) is 0 Å². The lowest BCUT2D eigenvalue weighted by Gasteiger charge is -2.50. The van der Waals surface area contributed by atoms with E-state index < -0.39 is 0 Å². The average Bonchev–Trinajstić information content (AvgIpc) is 3.16. The fourth-order valence-electron chi connectivity index (χ4n) is 5.48. The summed E-state index contributed by atoms with van der Waals surface area (Å²) >= 11 is 0. The van der Waals surface area contributed by atoms with Crippen LogP contribution in [0.2, 0.25) is 0 Å². The van der Waals surface area contributed by atoms with Crippen molar-refractivity contribution < 1.29 is 9.47 Å². The molecule has 4 atom stereocenters. The van der Waals surface area contributed by atoms with E-state index in [9.17, 15) is 0 Å². The predicted molar refractivity (Wildman–Crippen MR) is 82.2 cm³/mol. The van der Waals surface area contributed by atoms with Gasteiger partial charge in [0.1, 0.15) is 0 Å². The lowest BCUT2D eigenvalue weighted by Crippen LogP contribution is -2.61. The second-order valence-corrected chi connectivity index (χ2v) is 7.45. The molecule has 4 aliphatic rings. The van der Waals surface area contributed by atoms with E-state index in [-0.39, 0.29) is 5.79 Å². The van der Waals surface area contributed by atoms with Crippen molar-refractivity contribution in [3.8, 4) is 0 Å². The topological polar surface area (TPSA) is 33.7 Å². The zero-order valence-corrected chi connectivity index (χ0v) is 13.4. The summed E-state index contributed by atoms with van der Waals surface area (Å²) < 4.78 is 12.1. The third kappa shape index (κ3) is 2.54. The number of rotatable bonds is 2. The summed E-state index contributed by atoms with van der Waals surface area (Å²) in [5.41, 5.74) is 0. The first-order valence-corrected chi connectivity index (χ1v) is 9.02. The molecule has 0 aromatic carbocycles. The number of hydrogen-bond donors (Lipinski definition) is 1. The normalized spacial score (nSPS) is 43.3. The maximum absolute atomic E-state index is 6.03. The molecule has 4 nitrogen and oxygen atoms in total. The van der Waals surface area contributed by atoms with Crippen molar-refractivity contribution in [2.24, 2.45) is 5.92 Å². The summed E-state index contributed by atoms with van der Waals surface area (Å²) in [5, 5.41) is 3.58. The van der Waals surface area contributed by atoms with Gasteiger partial charge in [0.25, 0.3) is 0 Å². The van der Waals surface area contributed by atoms with Gasteiger partial charge in [-0.3, -0.25) is 4.90 Å². The van der Waals surface area contributed by atoms with Gasteiger partial charge in [-0.15, -0.1) is 0 Å². The molecule has 2 aliphatic heterocycles. The summed E-state index contributed by atoms with van der Waals surface area (Å²) in [6.07, 6.45) is 10.4. The Bertz CT molecular complexity index is 370. The Morgan fingerprint density at radius 2 is 1.81 bits per heavy atom. The highest BCUT2D eigenvalue weighted by atomic mass is 16.7. The lowest BCUT2D eigenvalue weighted by atomic mass is 9.81. The number of hydrogen-bond acceptors (Lipinski definition) is 4. The summed E-state index contributed by atoms with van der Waals surface area (Å²) in [6, 6.07) is 2.02. The molecule has 0 amide bonds. The highest BCUT2D eigenvalue weighted by Crippen LogP contribution is 2.43. The molecule has 21 heavy (non-hydrogen) atoms. The molecule has 1 spiro atoms. The van der Waals surface area contributed by atoms with E-state index in [4.69, 9.17) is 9.47 Å². The van der Waals surface area contributed by atoms with Gasteiger partial charge in [-0.25, -0.2) is 0 Å². The molecule has 2 aliphatic carbocycles. The van der Waals surface area contributed by atoms with Crippen LogP contribution in [0.1, 0.15) is 51.4 Å². The van der Waals surface area contributed by atoms with Crippen LogP contribution in [0, 0.1) is 5.92 Å². The van der Waals surface area contributed by atoms with Gasteiger partial charge >= 0.3 is 0 Å². The first-order valence-electron chi connectivity index (χ1n) is 9.02. The average molecular weight is 294 g/mol. The smallest absolute Gasteiger partial charge is 0.170 e. The molecular formula is C17H30N2O2. The zero-order valence-electron chi connectivity index (χ0n) is 13.4. The first-order chi connectivity index (χ1) is 10.3. The van der Waals surface area contributed by atoms with Crippen molar-refractivity contribution in [1.82, 2.24) is 10.2 Å². The molecule has 0 bridgehead atoms. The Labute approximate surface area is 128 Å².